The molecule has 3 aromatic rings. The van der Waals surface area contributed by atoms with E-state index in [0.29, 0.717) is 5.82 Å². The van der Waals surface area contributed by atoms with Crippen molar-refractivity contribution < 1.29 is 9.53 Å². The van der Waals surface area contributed by atoms with Gasteiger partial charge in [-0.25, -0.2) is 9.97 Å². The third-order valence-corrected chi connectivity index (χ3v) is 5.77. The van der Waals surface area contributed by atoms with Gasteiger partial charge in [0.25, 0.3) is 0 Å². The van der Waals surface area contributed by atoms with Crippen LogP contribution in [0.25, 0.3) is 11.4 Å². The van der Waals surface area contributed by atoms with Gasteiger partial charge in [-0.3, -0.25) is 4.79 Å². The zero-order valence-electron chi connectivity index (χ0n) is 15.8. The lowest BCUT2D eigenvalue weighted by atomic mass is 10.2. The fourth-order valence-corrected chi connectivity index (χ4v) is 3.54. The Balaban J connectivity index is 1.67. The van der Waals surface area contributed by atoms with Crippen LogP contribution in [-0.4, -0.2) is 28.7 Å². The van der Waals surface area contributed by atoms with Gasteiger partial charge in [0.05, 0.1) is 12.9 Å². The molecule has 0 spiro atoms. The Hall–Kier alpha value is -2.38. The van der Waals surface area contributed by atoms with Crippen LogP contribution in [0.15, 0.2) is 58.0 Å². The molecule has 5 nitrogen and oxygen atoms in total. The van der Waals surface area contributed by atoms with Gasteiger partial charge in [-0.1, -0.05) is 27.7 Å². The van der Waals surface area contributed by atoms with Crippen molar-refractivity contribution in [1.82, 2.24) is 9.97 Å². The van der Waals surface area contributed by atoms with Gasteiger partial charge in [0.2, 0.25) is 5.91 Å². The van der Waals surface area contributed by atoms with Crippen LogP contribution < -0.4 is 10.1 Å². The lowest BCUT2D eigenvalue weighted by Crippen LogP contribution is -2.14. The van der Waals surface area contributed by atoms with Crippen molar-refractivity contribution in [3.05, 3.63) is 64.3 Å². The summed E-state index contributed by atoms with van der Waals surface area (Å²) < 4.78 is 6.20. The second-order valence-electron chi connectivity index (χ2n) is 6.20. The van der Waals surface area contributed by atoms with Crippen molar-refractivity contribution in [1.29, 1.82) is 0 Å². The predicted octanol–water partition coefficient (Wildman–Crippen LogP) is 5.26. The van der Waals surface area contributed by atoms with E-state index in [4.69, 9.17) is 4.74 Å². The molecule has 7 heteroatoms. The van der Waals surface area contributed by atoms with Crippen LogP contribution in [0.4, 0.5) is 5.69 Å². The summed E-state index contributed by atoms with van der Waals surface area (Å²) in [6.45, 7) is 3.91. The summed E-state index contributed by atoms with van der Waals surface area (Å²) in [5.41, 5.74) is 3.61. The minimum absolute atomic E-state index is 0.0750. The van der Waals surface area contributed by atoms with Gasteiger partial charge in [-0.2, -0.15) is 0 Å². The first-order valence-electron chi connectivity index (χ1n) is 8.63. The molecule has 0 bridgehead atoms. The first-order valence-corrected chi connectivity index (χ1v) is 10.4. The number of hydrogen-bond donors (Lipinski definition) is 1. The van der Waals surface area contributed by atoms with Crippen LogP contribution >= 0.6 is 27.7 Å². The number of ether oxygens (including phenoxy) is 1. The maximum Gasteiger partial charge on any atom is 0.234 e. The molecular formula is C21H20BrN3O2S. The molecular weight excluding hydrogens is 438 g/mol. The lowest BCUT2D eigenvalue weighted by molar-refractivity contribution is -0.113. The number of hydrogen-bond acceptors (Lipinski definition) is 5. The zero-order chi connectivity index (χ0) is 20.1. The molecule has 28 heavy (non-hydrogen) atoms. The Labute approximate surface area is 177 Å². The second-order valence-corrected chi connectivity index (χ2v) is 8.05. The maximum absolute atomic E-state index is 12.3. The van der Waals surface area contributed by atoms with E-state index in [9.17, 15) is 4.79 Å². The predicted molar refractivity (Wildman–Crippen MR) is 117 cm³/mol. The molecule has 1 heterocycles. The number of thioether (sulfide) groups is 1. The molecule has 0 atom stereocenters. The number of rotatable bonds is 6. The molecule has 0 unspecified atom stereocenters. The van der Waals surface area contributed by atoms with E-state index in [0.717, 1.165) is 37.8 Å². The molecule has 0 aliphatic rings. The van der Waals surface area contributed by atoms with E-state index in [1.807, 2.05) is 62.4 Å². The molecule has 144 valence electrons. The van der Waals surface area contributed by atoms with E-state index >= 15 is 0 Å². The number of anilines is 1. The van der Waals surface area contributed by atoms with Crippen LogP contribution in [0.1, 0.15) is 11.3 Å². The van der Waals surface area contributed by atoms with Crippen molar-refractivity contribution in [2.45, 2.75) is 18.9 Å². The van der Waals surface area contributed by atoms with E-state index in [1.54, 1.807) is 7.11 Å². The summed E-state index contributed by atoms with van der Waals surface area (Å²) in [6, 6.07) is 15.2. The molecule has 0 aliphatic heterocycles. The van der Waals surface area contributed by atoms with Gasteiger partial charge >= 0.3 is 0 Å². The number of aryl methyl sites for hydroxylation is 2. The zero-order valence-corrected chi connectivity index (χ0v) is 18.2. The molecule has 0 saturated heterocycles. The Kier molecular flexibility index (Phi) is 6.70. The number of carbonyl (C=O) groups is 1. The van der Waals surface area contributed by atoms with Crippen LogP contribution in [0, 0.1) is 13.8 Å². The van der Waals surface area contributed by atoms with E-state index in [2.05, 4.69) is 31.2 Å². The summed E-state index contributed by atoms with van der Waals surface area (Å²) in [6.07, 6.45) is 0. The minimum Gasteiger partial charge on any atom is -0.497 e. The summed E-state index contributed by atoms with van der Waals surface area (Å²) in [7, 11) is 1.63. The third kappa shape index (κ3) is 5.33. The Morgan fingerprint density at radius 3 is 2.54 bits per heavy atom. The van der Waals surface area contributed by atoms with Crippen LogP contribution in [-0.2, 0) is 4.79 Å². The average molecular weight is 458 g/mol. The van der Waals surface area contributed by atoms with Crippen molar-refractivity contribution in [2.24, 2.45) is 0 Å². The van der Waals surface area contributed by atoms with Crippen LogP contribution in [0.5, 0.6) is 5.75 Å². The first kappa shape index (κ1) is 20.4. The van der Waals surface area contributed by atoms with Gasteiger partial charge in [0.15, 0.2) is 5.82 Å². The molecule has 1 N–H and O–H groups in total. The minimum atomic E-state index is -0.0750. The van der Waals surface area contributed by atoms with Crippen molar-refractivity contribution in [2.75, 3.05) is 18.2 Å². The fourth-order valence-electron chi connectivity index (χ4n) is 2.54. The van der Waals surface area contributed by atoms with Gasteiger partial charge < -0.3 is 10.1 Å². The number of halogens is 1. The molecule has 1 amide bonds. The van der Waals surface area contributed by atoms with E-state index in [1.165, 1.54) is 11.8 Å². The molecule has 0 fully saturated rings. The number of benzene rings is 2. The summed E-state index contributed by atoms with van der Waals surface area (Å²) in [4.78, 5) is 21.4. The lowest BCUT2D eigenvalue weighted by Gasteiger charge is -2.08. The highest BCUT2D eigenvalue weighted by atomic mass is 79.9. The van der Waals surface area contributed by atoms with Gasteiger partial charge in [-0.15, -0.1) is 0 Å². The SMILES string of the molecule is COc1ccc(-c2nc(C)cc(SCC(=O)Nc3ccc(Br)c(C)c3)n2)cc1. The molecule has 3 rings (SSSR count). The standard InChI is InChI=1S/C21H20BrN3O2S/c1-13-10-16(6-9-18(13)22)24-19(26)12-28-20-11-14(2)23-21(25-20)15-4-7-17(27-3)8-5-15/h4-11H,12H2,1-3H3,(H,24,26). The Morgan fingerprint density at radius 2 is 1.86 bits per heavy atom. The average Bonchev–Trinajstić information content (AvgIpc) is 2.69. The number of nitrogens with one attached hydrogen (secondary N) is 1. The molecule has 0 saturated carbocycles. The summed E-state index contributed by atoms with van der Waals surface area (Å²) in [5, 5.41) is 3.68. The van der Waals surface area contributed by atoms with E-state index in [-0.39, 0.29) is 11.7 Å². The first-order chi connectivity index (χ1) is 13.4. The van der Waals surface area contributed by atoms with Gasteiger partial charge in [0, 0.05) is 21.4 Å². The van der Waals surface area contributed by atoms with Crippen molar-refractivity contribution in [3.63, 3.8) is 0 Å². The van der Waals surface area contributed by atoms with Crippen molar-refractivity contribution in [3.8, 4) is 17.1 Å². The van der Waals surface area contributed by atoms with Gasteiger partial charge in [-0.05, 0) is 67.9 Å². The summed E-state index contributed by atoms with van der Waals surface area (Å²) in [5.74, 6) is 1.61. The molecule has 0 radical (unpaired) electrons. The second kappa shape index (κ2) is 9.21. The smallest absolute Gasteiger partial charge is 0.234 e. The Morgan fingerprint density at radius 1 is 1.11 bits per heavy atom. The maximum atomic E-state index is 12.3. The topological polar surface area (TPSA) is 64.1 Å². The highest BCUT2D eigenvalue weighted by Crippen LogP contribution is 2.24. The number of methoxy groups -OCH3 is 1. The van der Waals surface area contributed by atoms with Crippen LogP contribution in [0.3, 0.4) is 0 Å². The quantitative estimate of drug-likeness (QED) is 0.403. The fraction of sp³-hybridized carbons (Fsp3) is 0.190. The number of aromatic nitrogens is 2. The Bertz CT molecular complexity index is 993. The number of nitrogens with zero attached hydrogens (tertiary/aromatic N) is 2. The highest BCUT2D eigenvalue weighted by molar-refractivity contribution is 9.10. The molecule has 0 aliphatic carbocycles. The normalized spacial score (nSPS) is 10.6. The van der Waals surface area contributed by atoms with Crippen molar-refractivity contribution >= 4 is 39.3 Å². The molecule has 2 aromatic carbocycles. The van der Waals surface area contributed by atoms with Gasteiger partial charge in [0.1, 0.15) is 10.8 Å². The summed E-state index contributed by atoms with van der Waals surface area (Å²) >= 11 is 4.85. The number of carbonyl (C=O) groups excluding carboxylic acids is 1. The monoisotopic (exact) mass is 457 g/mol. The largest absolute Gasteiger partial charge is 0.497 e. The highest BCUT2D eigenvalue weighted by Gasteiger charge is 2.09. The van der Waals surface area contributed by atoms with E-state index < -0.39 is 0 Å². The third-order valence-electron chi connectivity index (χ3n) is 3.97. The van der Waals surface area contributed by atoms with Crippen LogP contribution in [0.2, 0.25) is 0 Å². The molecule has 1 aromatic heterocycles. The number of amides is 1.